The highest BCUT2D eigenvalue weighted by Gasteiger charge is 2.28. The van der Waals surface area contributed by atoms with Gasteiger partial charge < -0.3 is 4.98 Å². The summed E-state index contributed by atoms with van der Waals surface area (Å²) in [5.74, 6) is -0.210. The molecular weight excluding hydrogens is 320 g/mol. The van der Waals surface area contributed by atoms with Gasteiger partial charge in [0.1, 0.15) is 17.5 Å². The van der Waals surface area contributed by atoms with Crippen LogP contribution in [0.1, 0.15) is 38.3 Å². The molecule has 1 aliphatic rings. The van der Waals surface area contributed by atoms with Crippen LogP contribution in [0.25, 0.3) is 22.4 Å². The standard InChI is InChI=1S/C20H21F2N3/c1-12(2)25-9-3-4-19(25)13-5-7-15(16(22)10-13)20-23-17-8-6-14(21)11-18(17)24-20/h5-8,10-12,19H,3-4,9H2,1-2H3,(H,23,24). The van der Waals surface area contributed by atoms with E-state index in [9.17, 15) is 8.78 Å². The maximum Gasteiger partial charge on any atom is 0.141 e. The Bertz CT molecular complexity index is 916. The lowest BCUT2D eigenvalue weighted by Gasteiger charge is -2.28. The second kappa shape index (κ2) is 6.23. The van der Waals surface area contributed by atoms with Gasteiger partial charge in [-0.1, -0.05) is 6.07 Å². The highest BCUT2D eigenvalue weighted by molar-refractivity contribution is 5.79. The molecule has 1 saturated heterocycles. The Balaban J connectivity index is 1.69. The maximum absolute atomic E-state index is 14.8. The summed E-state index contributed by atoms with van der Waals surface area (Å²) in [7, 11) is 0. The van der Waals surface area contributed by atoms with E-state index in [1.165, 1.54) is 12.1 Å². The van der Waals surface area contributed by atoms with Crippen LogP contribution in [0.5, 0.6) is 0 Å². The number of nitrogens with zero attached hydrogens (tertiary/aromatic N) is 2. The van der Waals surface area contributed by atoms with E-state index in [0.717, 1.165) is 24.9 Å². The summed E-state index contributed by atoms with van der Waals surface area (Å²) in [4.78, 5) is 9.81. The van der Waals surface area contributed by atoms with Crippen molar-refractivity contribution in [3.05, 3.63) is 53.6 Å². The normalized spacial score (nSPS) is 18.5. The van der Waals surface area contributed by atoms with Crippen molar-refractivity contribution < 1.29 is 8.78 Å². The van der Waals surface area contributed by atoms with Crippen molar-refractivity contribution >= 4 is 11.0 Å². The molecule has 4 rings (SSSR count). The average molecular weight is 341 g/mol. The molecule has 0 bridgehead atoms. The van der Waals surface area contributed by atoms with Crippen LogP contribution in [0.4, 0.5) is 8.78 Å². The van der Waals surface area contributed by atoms with E-state index < -0.39 is 0 Å². The van der Waals surface area contributed by atoms with Crippen LogP contribution in [0.3, 0.4) is 0 Å². The molecule has 1 aliphatic heterocycles. The molecule has 1 N–H and O–H groups in total. The minimum Gasteiger partial charge on any atom is -0.338 e. The monoisotopic (exact) mass is 341 g/mol. The lowest BCUT2D eigenvalue weighted by molar-refractivity contribution is 0.205. The van der Waals surface area contributed by atoms with Crippen LogP contribution >= 0.6 is 0 Å². The number of rotatable bonds is 3. The van der Waals surface area contributed by atoms with Gasteiger partial charge in [-0.15, -0.1) is 0 Å². The van der Waals surface area contributed by atoms with Crippen molar-refractivity contribution in [2.45, 2.75) is 38.8 Å². The number of aromatic nitrogens is 2. The van der Waals surface area contributed by atoms with Crippen molar-refractivity contribution in [2.75, 3.05) is 6.54 Å². The Kier molecular flexibility index (Phi) is 4.04. The first-order chi connectivity index (χ1) is 12.0. The first kappa shape index (κ1) is 16.2. The number of H-pyrrole nitrogens is 1. The van der Waals surface area contributed by atoms with Gasteiger partial charge in [0, 0.05) is 12.1 Å². The van der Waals surface area contributed by atoms with Gasteiger partial charge >= 0.3 is 0 Å². The van der Waals surface area contributed by atoms with Crippen molar-refractivity contribution in [1.29, 1.82) is 0 Å². The molecule has 1 unspecified atom stereocenters. The van der Waals surface area contributed by atoms with E-state index in [1.54, 1.807) is 18.2 Å². The van der Waals surface area contributed by atoms with Gasteiger partial charge in [-0.25, -0.2) is 13.8 Å². The third kappa shape index (κ3) is 2.93. The Hall–Kier alpha value is -2.27. The zero-order chi connectivity index (χ0) is 17.6. The van der Waals surface area contributed by atoms with Crippen LogP contribution in [0.2, 0.25) is 0 Å². The first-order valence-corrected chi connectivity index (χ1v) is 8.74. The lowest BCUT2D eigenvalue weighted by Crippen LogP contribution is -2.30. The molecule has 3 nitrogen and oxygen atoms in total. The van der Waals surface area contributed by atoms with Crippen molar-refractivity contribution in [1.82, 2.24) is 14.9 Å². The van der Waals surface area contributed by atoms with Gasteiger partial charge in [-0.05, 0) is 69.1 Å². The molecule has 1 fully saturated rings. The quantitative estimate of drug-likeness (QED) is 0.722. The summed E-state index contributed by atoms with van der Waals surface area (Å²) in [6.07, 6.45) is 2.20. The number of halogens is 2. The molecule has 0 amide bonds. The number of nitrogens with one attached hydrogen (secondary N) is 1. The largest absolute Gasteiger partial charge is 0.338 e. The third-order valence-corrected chi connectivity index (χ3v) is 5.03. The summed E-state index contributed by atoms with van der Waals surface area (Å²) in [6.45, 7) is 5.41. The zero-order valence-electron chi connectivity index (χ0n) is 14.4. The van der Waals surface area contributed by atoms with E-state index in [-0.39, 0.29) is 17.7 Å². The van der Waals surface area contributed by atoms with Crippen molar-refractivity contribution in [3.63, 3.8) is 0 Å². The number of hydrogen-bond acceptors (Lipinski definition) is 2. The number of likely N-dealkylation sites (tertiary alicyclic amines) is 1. The summed E-state index contributed by atoms with van der Waals surface area (Å²) in [5, 5.41) is 0. The molecular formula is C20H21F2N3. The van der Waals surface area contributed by atoms with E-state index in [1.807, 2.05) is 6.07 Å². The first-order valence-electron chi connectivity index (χ1n) is 8.74. The van der Waals surface area contributed by atoms with Crippen LogP contribution in [-0.4, -0.2) is 27.5 Å². The topological polar surface area (TPSA) is 31.9 Å². The fourth-order valence-corrected chi connectivity index (χ4v) is 3.81. The van der Waals surface area contributed by atoms with Gasteiger partial charge in [0.2, 0.25) is 0 Å². The summed E-state index contributed by atoms with van der Waals surface area (Å²) < 4.78 is 28.1. The SMILES string of the molecule is CC(C)N1CCCC1c1ccc(-c2nc3ccc(F)cc3[nH]2)c(F)c1. The number of aromatic amines is 1. The van der Waals surface area contributed by atoms with Gasteiger partial charge in [0.25, 0.3) is 0 Å². The highest BCUT2D eigenvalue weighted by atomic mass is 19.1. The number of benzene rings is 2. The van der Waals surface area contributed by atoms with E-state index in [4.69, 9.17) is 0 Å². The minimum atomic E-state index is -0.339. The summed E-state index contributed by atoms with van der Waals surface area (Å²) in [5.41, 5.74) is 2.62. The van der Waals surface area contributed by atoms with Crippen molar-refractivity contribution in [2.24, 2.45) is 0 Å². The molecule has 2 heterocycles. The van der Waals surface area contributed by atoms with Gasteiger partial charge in [0.15, 0.2) is 0 Å². The lowest BCUT2D eigenvalue weighted by atomic mass is 10.0. The molecule has 25 heavy (non-hydrogen) atoms. The van der Waals surface area contributed by atoms with Crippen LogP contribution in [0, 0.1) is 11.6 Å². The molecule has 1 aromatic heterocycles. The summed E-state index contributed by atoms with van der Waals surface area (Å²) in [6, 6.07) is 10.4. The van der Waals surface area contributed by atoms with Crippen molar-refractivity contribution in [3.8, 4) is 11.4 Å². The van der Waals surface area contributed by atoms with E-state index >= 15 is 0 Å². The third-order valence-electron chi connectivity index (χ3n) is 5.03. The number of fused-ring (bicyclic) bond motifs is 1. The van der Waals surface area contributed by atoms with Gasteiger partial charge in [0.05, 0.1) is 16.6 Å². The van der Waals surface area contributed by atoms with Crippen LogP contribution < -0.4 is 0 Å². The van der Waals surface area contributed by atoms with Crippen LogP contribution in [0.15, 0.2) is 36.4 Å². The Morgan fingerprint density at radius 3 is 2.76 bits per heavy atom. The molecule has 0 radical (unpaired) electrons. The second-order valence-electron chi connectivity index (χ2n) is 6.98. The average Bonchev–Trinajstić information content (AvgIpc) is 3.20. The molecule has 2 aromatic carbocycles. The second-order valence-corrected chi connectivity index (χ2v) is 6.98. The predicted molar refractivity (Wildman–Crippen MR) is 95.3 cm³/mol. The van der Waals surface area contributed by atoms with Gasteiger partial charge in [-0.3, -0.25) is 4.90 Å². The molecule has 130 valence electrons. The minimum absolute atomic E-state index is 0.272. The summed E-state index contributed by atoms with van der Waals surface area (Å²) >= 11 is 0. The van der Waals surface area contributed by atoms with Gasteiger partial charge in [-0.2, -0.15) is 0 Å². The Labute approximate surface area is 145 Å². The Morgan fingerprint density at radius 2 is 2.00 bits per heavy atom. The molecule has 3 aromatic rings. The smallest absolute Gasteiger partial charge is 0.141 e. The fraction of sp³-hybridized carbons (Fsp3) is 0.350. The Morgan fingerprint density at radius 1 is 1.16 bits per heavy atom. The fourth-order valence-electron chi connectivity index (χ4n) is 3.81. The maximum atomic E-state index is 14.8. The predicted octanol–water partition coefficient (Wildman–Crippen LogP) is 5.05. The number of imidazole rings is 1. The molecule has 5 heteroatoms. The molecule has 0 spiro atoms. The molecule has 0 aliphatic carbocycles. The number of hydrogen-bond donors (Lipinski definition) is 1. The highest BCUT2D eigenvalue weighted by Crippen LogP contribution is 2.35. The van der Waals surface area contributed by atoms with Crippen LogP contribution in [-0.2, 0) is 0 Å². The molecule has 0 saturated carbocycles. The zero-order valence-corrected chi connectivity index (χ0v) is 14.4. The van der Waals surface area contributed by atoms with E-state index in [2.05, 4.69) is 28.7 Å². The van der Waals surface area contributed by atoms with E-state index in [0.29, 0.717) is 28.5 Å². The molecule has 1 atom stereocenters.